The van der Waals surface area contributed by atoms with Crippen molar-refractivity contribution in [1.82, 2.24) is 9.80 Å². The Morgan fingerprint density at radius 2 is 1.96 bits per heavy atom. The molecule has 0 saturated carbocycles. The number of aryl methyl sites for hydroxylation is 1. The van der Waals surface area contributed by atoms with Gasteiger partial charge in [0.05, 0.1) is 18.9 Å². The molecule has 23 heavy (non-hydrogen) atoms. The molecule has 0 aromatic heterocycles. The number of nitrogens with zero attached hydrogens (tertiary/aromatic N) is 3. The summed E-state index contributed by atoms with van der Waals surface area (Å²) < 4.78 is 0. The molecule has 2 amide bonds. The van der Waals surface area contributed by atoms with E-state index in [0.717, 1.165) is 5.56 Å². The van der Waals surface area contributed by atoms with Crippen molar-refractivity contribution in [3.63, 3.8) is 0 Å². The Hall–Kier alpha value is -2.37. The lowest BCUT2D eigenvalue weighted by Gasteiger charge is -2.17. The summed E-state index contributed by atoms with van der Waals surface area (Å²) in [4.78, 5) is 33.2. The molecule has 0 unspecified atom stereocenters. The highest BCUT2D eigenvalue weighted by molar-refractivity contribution is 6.40. The van der Waals surface area contributed by atoms with E-state index in [1.807, 2.05) is 31.2 Å². The van der Waals surface area contributed by atoms with Crippen LogP contribution in [0.5, 0.6) is 0 Å². The molecule has 2 atom stereocenters. The highest BCUT2D eigenvalue weighted by Gasteiger charge is 2.46. The Bertz CT molecular complexity index is 652. The molecule has 2 heterocycles. The van der Waals surface area contributed by atoms with E-state index in [4.69, 9.17) is 4.84 Å². The average Bonchev–Trinajstić information content (AvgIpc) is 3.09. The van der Waals surface area contributed by atoms with Crippen LogP contribution in [0.1, 0.15) is 11.1 Å². The van der Waals surface area contributed by atoms with Gasteiger partial charge in [0, 0.05) is 20.6 Å². The number of oxime groups is 1. The molecule has 0 N–H and O–H groups in total. The molecule has 6 nitrogen and oxygen atoms in total. The maximum atomic E-state index is 12.5. The van der Waals surface area contributed by atoms with Crippen molar-refractivity contribution in [2.45, 2.75) is 19.4 Å². The van der Waals surface area contributed by atoms with Crippen molar-refractivity contribution in [2.75, 3.05) is 27.2 Å². The summed E-state index contributed by atoms with van der Waals surface area (Å²) in [6.07, 6.45) is 0.171. The van der Waals surface area contributed by atoms with Crippen LogP contribution in [-0.4, -0.2) is 60.6 Å². The van der Waals surface area contributed by atoms with Gasteiger partial charge in [0.15, 0.2) is 11.8 Å². The molecule has 1 fully saturated rings. The van der Waals surface area contributed by atoms with Crippen LogP contribution in [0.15, 0.2) is 29.4 Å². The van der Waals surface area contributed by atoms with Gasteiger partial charge < -0.3 is 14.6 Å². The fourth-order valence-corrected chi connectivity index (χ4v) is 2.96. The average molecular weight is 315 g/mol. The van der Waals surface area contributed by atoms with Crippen LogP contribution in [0.3, 0.4) is 0 Å². The summed E-state index contributed by atoms with van der Waals surface area (Å²) in [7, 11) is 3.38. The van der Waals surface area contributed by atoms with Crippen molar-refractivity contribution in [3.05, 3.63) is 35.4 Å². The fraction of sp³-hybridized carbons (Fsp3) is 0.471. The number of rotatable bonds is 3. The van der Waals surface area contributed by atoms with E-state index in [-0.39, 0.29) is 23.8 Å². The lowest BCUT2D eigenvalue weighted by atomic mass is 10.00. The van der Waals surface area contributed by atoms with E-state index in [1.165, 1.54) is 10.5 Å². The summed E-state index contributed by atoms with van der Waals surface area (Å²) in [5.74, 6) is -0.208. The zero-order chi connectivity index (χ0) is 16.6. The van der Waals surface area contributed by atoms with Gasteiger partial charge in [0.25, 0.3) is 5.91 Å². The van der Waals surface area contributed by atoms with Crippen LogP contribution in [-0.2, 0) is 20.8 Å². The van der Waals surface area contributed by atoms with Crippen LogP contribution in [0.2, 0.25) is 0 Å². The number of fused-ring (bicyclic) bond motifs is 1. The molecule has 2 aliphatic heterocycles. The highest BCUT2D eigenvalue weighted by Crippen LogP contribution is 2.28. The standard InChI is InChI=1S/C17H21N3O3/c1-11-4-6-12(7-5-11)8-15(21)20-9-13-14(10-20)23-18-16(13)17(22)19(2)3/h4-7,13-14H,8-10H2,1-3H3/t13-,14+/m0/s1. The molecule has 2 aliphatic rings. The van der Waals surface area contributed by atoms with Crippen molar-refractivity contribution < 1.29 is 14.4 Å². The molecule has 122 valence electrons. The molecule has 1 aromatic carbocycles. The van der Waals surface area contributed by atoms with Crippen LogP contribution in [0.25, 0.3) is 0 Å². The summed E-state index contributed by atoms with van der Waals surface area (Å²) >= 11 is 0. The van der Waals surface area contributed by atoms with Crippen LogP contribution in [0.4, 0.5) is 0 Å². The minimum atomic E-state index is -0.198. The second-order valence-electron chi connectivity index (χ2n) is 6.39. The van der Waals surface area contributed by atoms with Gasteiger partial charge in [0.2, 0.25) is 5.91 Å². The highest BCUT2D eigenvalue weighted by atomic mass is 16.6. The van der Waals surface area contributed by atoms with Crippen molar-refractivity contribution in [2.24, 2.45) is 11.1 Å². The smallest absolute Gasteiger partial charge is 0.271 e. The minimum Gasteiger partial charge on any atom is -0.389 e. The van der Waals surface area contributed by atoms with Crippen LogP contribution in [0, 0.1) is 12.8 Å². The summed E-state index contributed by atoms with van der Waals surface area (Å²) in [5.41, 5.74) is 2.59. The lowest BCUT2D eigenvalue weighted by molar-refractivity contribution is -0.130. The lowest BCUT2D eigenvalue weighted by Crippen LogP contribution is -2.37. The molecule has 0 radical (unpaired) electrons. The van der Waals surface area contributed by atoms with E-state index in [2.05, 4.69) is 5.16 Å². The number of hydrogen-bond donors (Lipinski definition) is 0. The number of hydrogen-bond acceptors (Lipinski definition) is 4. The largest absolute Gasteiger partial charge is 0.389 e. The molecule has 0 spiro atoms. The van der Waals surface area contributed by atoms with Gasteiger partial charge in [-0.2, -0.15) is 0 Å². The fourth-order valence-electron chi connectivity index (χ4n) is 2.96. The number of benzene rings is 1. The number of carbonyl (C=O) groups is 2. The third-order valence-electron chi connectivity index (χ3n) is 4.36. The second-order valence-corrected chi connectivity index (χ2v) is 6.39. The monoisotopic (exact) mass is 315 g/mol. The molecule has 0 aliphatic carbocycles. The van der Waals surface area contributed by atoms with Crippen LogP contribution < -0.4 is 0 Å². The predicted molar refractivity (Wildman–Crippen MR) is 86.0 cm³/mol. The molecular formula is C17H21N3O3. The third kappa shape index (κ3) is 3.06. The predicted octanol–water partition coefficient (Wildman–Crippen LogP) is 0.839. The molecule has 0 bridgehead atoms. The van der Waals surface area contributed by atoms with Crippen molar-refractivity contribution in [3.8, 4) is 0 Å². The third-order valence-corrected chi connectivity index (χ3v) is 4.36. The first kappa shape index (κ1) is 15.5. The van der Waals surface area contributed by atoms with Gasteiger partial charge in [0.1, 0.15) is 0 Å². The normalized spacial score (nSPS) is 22.4. The van der Waals surface area contributed by atoms with E-state index >= 15 is 0 Å². The minimum absolute atomic E-state index is 0.0588. The Balaban J connectivity index is 1.64. The summed E-state index contributed by atoms with van der Waals surface area (Å²) in [6.45, 7) is 3.00. The first-order valence-corrected chi connectivity index (χ1v) is 7.74. The Morgan fingerprint density at radius 1 is 1.26 bits per heavy atom. The number of carbonyl (C=O) groups excluding carboxylic acids is 2. The van der Waals surface area contributed by atoms with E-state index < -0.39 is 0 Å². The second kappa shape index (κ2) is 6.02. The maximum absolute atomic E-state index is 12.5. The van der Waals surface area contributed by atoms with Crippen molar-refractivity contribution >= 4 is 17.5 Å². The van der Waals surface area contributed by atoms with Gasteiger partial charge in [-0.3, -0.25) is 9.59 Å². The van der Waals surface area contributed by atoms with Gasteiger partial charge in [-0.1, -0.05) is 35.0 Å². The SMILES string of the molecule is Cc1ccc(CC(=O)N2C[C@@H]3C(C(=O)N(C)C)=NO[C@@H]3C2)cc1. The molecule has 1 aromatic rings. The molecule has 6 heteroatoms. The van der Waals surface area contributed by atoms with Crippen molar-refractivity contribution in [1.29, 1.82) is 0 Å². The van der Waals surface area contributed by atoms with E-state index in [0.29, 0.717) is 25.2 Å². The zero-order valence-corrected chi connectivity index (χ0v) is 13.7. The van der Waals surface area contributed by atoms with Gasteiger partial charge >= 0.3 is 0 Å². The quantitative estimate of drug-likeness (QED) is 0.830. The molecular weight excluding hydrogens is 294 g/mol. The Kier molecular flexibility index (Phi) is 4.07. The molecule has 3 rings (SSSR count). The Labute approximate surface area is 135 Å². The summed E-state index contributed by atoms with van der Waals surface area (Å²) in [5, 5.41) is 3.92. The summed E-state index contributed by atoms with van der Waals surface area (Å²) in [6, 6.07) is 7.96. The first-order valence-electron chi connectivity index (χ1n) is 7.74. The van der Waals surface area contributed by atoms with Gasteiger partial charge in [-0.15, -0.1) is 0 Å². The first-order chi connectivity index (χ1) is 11.0. The van der Waals surface area contributed by atoms with E-state index in [1.54, 1.807) is 19.0 Å². The Morgan fingerprint density at radius 3 is 2.61 bits per heavy atom. The van der Waals surface area contributed by atoms with Gasteiger partial charge in [-0.05, 0) is 12.5 Å². The van der Waals surface area contributed by atoms with Crippen LogP contribution >= 0.6 is 0 Å². The van der Waals surface area contributed by atoms with E-state index in [9.17, 15) is 9.59 Å². The maximum Gasteiger partial charge on any atom is 0.271 e. The topological polar surface area (TPSA) is 62.2 Å². The van der Waals surface area contributed by atoms with Gasteiger partial charge in [-0.25, -0.2) is 0 Å². The number of amides is 2. The number of likely N-dealkylation sites (tertiary alicyclic amines) is 1. The zero-order valence-electron chi connectivity index (χ0n) is 13.7. The molecule has 1 saturated heterocycles.